The van der Waals surface area contributed by atoms with Gasteiger partial charge >= 0.3 is 11.9 Å². The van der Waals surface area contributed by atoms with Crippen molar-refractivity contribution in [3.8, 4) is 0 Å². The third kappa shape index (κ3) is 29.7. The Labute approximate surface area is 258 Å². The molecule has 3 radical (unpaired) electrons. The smallest absolute Gasteiger partial charge is 0.312 e. The first-order valence-electron chi connectivity index (χ1n) is 14.4. The highest BCUT2D eigenvalue weighted by Crippen LogP contribution is 2.29. The van der Waals surface area contributed by atoms with Gasteiger partial charge in [0.05, 0.1) is 24.0 Å². The van der Waals surface area contributed by atoms with E-state index in [9.17, 15) is 9.59 Å². The monoisotopic (exact) mass is 605 g/mol. The van der Waals surface area contributed by atoms with Crippen molar-refractivity contribution in [2.75, 3.05) is 60.5 Å². The second-order valence-corrected chi connectivity index (χ2v) is 10.1. The fourth-order valence-corrected chi connectivity index (χ4v) is 3.18. The predicted octanol–water partition coefficient (Wildman–Crippen LogP) is 5.94. The summed E-state index contributed by atoms with van der Waals surface area (Å²) in [6.07, 6.45) is 9.53. The maximum atomic E-state index is 11.7. The minimum absolute atomic E-state index is 0. The molecule has 0 aromatic rings. The quantitative estimate of drug-likeness (QED) is 0.0675. The van der Waals surface area contributed by atoms with Crippen LogP contribution in [0.25, 0.3) is 0 Å². The lowest BCUT2D eigenvalue weighted by Gasteiger charge is -2.26. The summed E-state index contributed by atoms with van der Waals surface area (Å²) in [5, 5.41) is 20.8. The van der Waals surface area contributed by atoms with Crippen LogP contribution in [0.15, 0.2) is 24.3 Å². The summed E-state index contributed by atoms with van der Waals surface area (Å²) in [7, 11) is 3.23. The number of allylic oxidation sites excluding steroid dienone is 3. The average molecular weight is 606 g/mol. The summed E-state index contributed by atoms with van der Waals surface area (Å²) in [6.45, 7) is 21.2. The zero-order valence-electron chi connectivity index (χ0n) is 28.0. The van der Waals surface area contributed by atoms with Gasteiger partial charge in [-0.1, -0.05) is 17.7 Å². The Morgan fingerprint density at radius 1 is 0.881 bits per heavy atom. The zero-order chi connectivity index (χ0) is 32.6. The van der Waals surface area contributed by atoms with Gasteiger partial charge in [-0.05, 0) is 93.4 Å². The first-order valence-corrected chi connectivity index (χ1v) is 14.4. The Hall–Kier alpha value is -1.76. The van der Waals surface area contributed by atoms with Crippen LogP contribution in [0.3, 0.4) is 0 Å². The van der Waals surface area contributed by atoms with Gasteiger partial charge in [0, 0.05) is 55.7 Å². The number of hydrogen-bond donors (Lipinski definition) is 3. The fraction of sp³-hybridized carbons (Fsp3) is 0.806. The van der Waals surface area contributed by atoms with E-state index in [1.165, 1.54) is 18.4 Å². The van der Waals surface area contributed by atoms with Gasteiger partial charge in [0.25, 0.3) is 0 Å². The molecule has 3 N–H and O–H groups in total. The number of aliphatic hydroxyl groups excluding tert-OH is 1. The number of ether oxygens (including phenoxy) is 5. The first-order chi connectivity index (χ1) is 19.5. The van der Waals surface area contributed by atoms with E-state index < -0.39 is 10.8 Å². The van der Waals surface area contributed by atoms with Crippen molar-refractivity contribution in [1.29, 1.82) is 0 Å². The predicted molar refractivity (Wildman–Crippen MR) is 170 cm³/mol. The summed E-state index contributed by atoms with van der Waals surface area (Å²) in [6, 6.07) is 0. The molecule has 249 valence electrons. The molecule has 0 bridgehead atoms. The molecule has 1 fully saturated rings. The Morgan fingerprint density at radius 3 is 1.57 bits per heavy atom. The topological polar surface area (TPSA) is 141 Å². The summed E-state index contributed by atoms with van der Waals surface area (Å²) in [5.74, 6) is -0.368. The number of carbonyl (C=O) groups excluding carboxylic acids is 2. The molecule has 0 aromatic carbocycles. The van der Waals surface area contributed by atoms with Gasteiger partial charge in [0.1, 0.15) is 0 Å². The van der Waals surface area contributed by atoms with E-state index in [2.05, 4.69) is 26.5 Å². The molecule has 2 unspecified atom stereocenters. The van der Waals surface area contributed by atoms with Crippen LogP contribution in [0.2, 0.25) is 0 Å². The Morgan fingerprint density at radius 2 is 1.29 bits per heavy atom. The second-order valence-electron chi connectivity index (χ2n) is 10.1. The van der Waals surface area contributed by atoms with E-state index in [0.29, 0.717) is 58.5 Å². The standard InChI is InChI=1S/C11H22O4.C11H20O3.C5H10.C4H8O.B.H2O2/c1-4-15-10(13)11(2,6-5-8-12)7-9-14-3;1-5-7-11(3,8-9-13-4)10(12)14-6-2;1-4-5(2)3;1-2-4-5-3-1;;1-2/h12H,4-9H2,1-3H3;5H,1,6-9H2,2-4H3;4H,1-3H3;1-4H2;;1-2H. The average Bonchev–Trinajstić information content (AvgIpc) is 3.56. The second kappa shape index (κ2) is 35.4. The maximum Gasteiger partial charge on any atom is 0.312 e. The van der Waals surface area contributed by atoms with Crippen LogP contribution in [0.4, 0.5) is 0 Å². The Kier molecular flexibility index (Phi) is 42.1. The zero-order valence-corrected chi connectivity index (χ0v) is 28.0. The van der Waals surface area contributed by atoms with E-state index in [1.54, 1.807) is 27.2 Å². The highest BCUT2D eigenvalue weighted by molar-refractivity contribution is 5.77. The minimum atomic E-state index is -0.533. The van der Waals surface area contributed by atoms with Gasteiger partial charge in [-0.15, -0.1) is 6.58 Å². The van der Waals surface area contributed by atoms with Crippen molar-refractivity contribution in [3.05, 3.63) is 24.3 Å². The molecule has 1 aliphatic rings. The molecule has 42 heavy (non-hydrogen) atoms. The largest absolute Gasteiger partial charge is 0.466 e. The molecule has 1 aliphatic heterocycles. The Bertz CT molecular complexity index is 620. The molecule has 2 atom stereocenters. The lowest BCUT2D eigenvalue weighted by Crippen LogP contribution is -2.31. The third-order valence-corrected chi connectivity index (χ3v) is 6.14. The Balaban J connectivity index is -0.000000154. The summed E-state index contributed by atoms with van der Waals surface area (Å²) in [4.78, 5) is 23.4. The maximum absolute atomic E-state index is 11.7. The van der Waals surface area contributed by atoms with E-state index in [0.717, 1.165) is 13.2 Å². The van der Waals surface area contributed by atoms with Crippen molar-refractivity contribution < 1.29 is 48.9 Å². The van der Waals surface area contributed by atoms with E-state index >= 15 is 0 Å². The highest BCUT2D eigenvalue weighted by atomic mass is 17.0. The fourth-order valence-electron chi connectivity index (χ4n) is 3.18. The third-order valence-electron chi connectivity index (χ3n) is 6.14. The van der Waals surface area contributed by atoms with Crippen molar-refractivity contribution in [3.63, 3.8) is 0 Å². The molecular formula is C31H62BO10. The molecule has 10 nitrogen and oxygen atoms in total. The van der Waals surface area contributed by atoms with Crippen LogP contribution >= 0.6 is 0 Å². The van der Waals surface area contributed by atoms with Gasteiger partial charge in [0.15, 0.2) is 0 Å². The summed E-state index contributed by atoms with van der Waals surface area (Å²) < 4.78 is 24.9. The number of esters is 2. The molecule has 1 saturated heterocycles. The number of rotatable bonds is 15. The number of hydrogen-bond acceptors (Lipinski definition) is 10. The molecule has 0 amide bonds. The molecule has 1 rings (SSSR count). The van der Waals surface area contributed by atoms with E-state index in [4.69, 9.17) is 39.3 Å². The van der Waals surface area contributed by atoms with Crippen LogP contribution in [0.5, 0.6) is 0 Å². The summed E-state index contributed by atoms with van der Waals surface area (Å²) in [5.41, 5.74) is 0.354. The van der Waals surface area contributed by atoms with Crippen LogP contribution in [-0.2, 0) is 33.3 Å². The number of carbonyl (C=O) groups is 2. The molecular weight excluding hydrogens is 543 g/mol. The number of aliphatic hydroxyl groups is 1. The molecule has 11 heteroatoms. The van der Waals surface area contributed by atoms with Gasteiger partial charge < -0.3 is 28.8 Å². The molecule has 0 spiro atoms. The van der Waals surface area contributed by atoms with Crippen LogP contribution in [0.1, 0.15) is 93.4 Å². The van der Waals surface area contributed by atoms with E-state index in [-0.39, 0.29) is 27.0 Å². The highest BCUT2D eigenvalue weighted by Gasteiger charge is 2.34. The molecule has 0 aliphatic carbocycles. The van der Waals surface area contributed by atoms with Crippen LogP contribution in [0, 0.1) is 10.8 Å². The van der Waals surface area contributed by atoms with Crippen molar-refractivity contribution in [2.45, 2.75) is 93.4 Å². The van der Waals surface area contributed by atoms with Crippen molar-refractivity contribution in [2.24, 2.45) is 10.8 Å². The summed E-state index contributed by atoms with van der Waals surface area (Å²) >= 11 is 0. The lowest BCUT2D eigenvalue weighted by molar-refractivity contribution is -0.176. The SMILES string of the molecule is C1CCOC1.C=CCC(C)(CCOC)C(=O)OCC.CC=C(C)C.CCOC(=O)C(C)(CCCO)CCOC.OO.[B]. The first kappa shape index (κ1) is 49.9. The van der Waals surface area contributed by atoms with Crippen molar-refractivity contribution >= 4 is 20.4 Å². The van der Waals surface area contributed by atoms with Crippen molar-refractivity contribution in [1.82, 2.24) is 0 Å². The van der Waals surface area contributed by atoms with Gasteiger partial charge in [-0.2, -0.15) is 0 Å². The molecule has 0 saturated carbocycles. The number of methoxy groups -OCH3 is 2. The lowest BCUT2D eigenvalue weighted by atomic mass is 9.82. The molecule has 1 heterocycles. The van der Waals surface area contributed by atoms with E-state index in [1.807, 2.05) is 27.7 Å². The minimum Gasteiger partial charge on any atom is -0.466 e. The molecule has 0 aromatic heterocycles. The van der Waals surface area contributed by atoms with Gasteiger partial charge in [0.2, 0.25) is 0 Å². The normalized spacial score (nSPS) is 13.9. The van der Waals surface area contributed by atoms with Gasteiger partial charge in [-0.3, -0.25) is 20.1 Å². The van der Waals surface area contributed by atoms with Crippen LogP contribution in [-0.4, -0.2) is 96.4 Å². The van der Waals surface area contributed by atoms with Crippen LogP contribution < -0.4 is 0 Å². The van der Waals surface area contributed by atoms with Gasteiger partial charge in [-0.25, -0.2) is 0 Å².